The molecule has 3 N–H and O–H groups in total. The zero-order chi connectivity index (χ0) is 11.7. The summed E-state index contributed by atoms with van der Waals surface area (Å²) in [4.78, 5) is 10.7. The third kappa shape index (κ3) is 2.38. The van der Waals surface area contributed by atoms with Crippen LogP contribution in [0.1, 0.15) is 48.9 Å². The van der Waals surface area contributed by atoms with Gasteiger partial charge in [-0.2, -0.15) is 0 Å². The minimum absolute atomic E-state index is 0.163. The lowest BCUT2D eigenvalue weighted by Crippen LogP contribution is -2.22. The summed E-state index contributed by atoms with van der Waals surface area (Å²) in [5.41, 5.74) is 8.51. The number of likely N-dealkylation sites (tertiary alicyclic amines) is 1. The van der Waals surface area contributed by atoms with Crippen LogP contribution in [0.2, 0.25) is 0 Å². The van der Waals surface area contributed by atoms with Crippen molar-refractivity contribution in [3.05, 3.63) is 17.2 Å². The van der Waals surface area contributed by atoms with Gasteiger partial charge in [-0.25, -0.2) is 4.98 Å². The van der Waals surface area contributed by atoms with Crippen molar-refractivity contribution in [2.45, 2.75) is 44.6 Å². The maximum absolute atomic E-state index is 6.09. The molecule has 4 heteroatoms. The molecule has 1 aliphatic carbocycles. The predicted octanol–water partition coefficient (Wildman–Crippen LogP) is 1.38. The summed E-state index contributed by atoms with van der Waals surface area (Å²) in [5, 5.41) is 0. The van der Waals surface area contributed by atoms with Crippen molar-refractivity contribution < 1.29 is 0 Å². The number of aromatic amines is 1. The van der Waals surface area contributed by atoms with Crippen molar-refractivity contribution in [2.75, 3.05) is 19.6 Å². The Kier molecular flexibility index (Phi) is 3.16. The van der Waals surface area contributed by atoms with Gasteiger partial charge in [-0.15, -0.1) is 0 Å². The number of hydrogen-bond donors (Lipinski definition) is 2. The van der Waals surface area contributed by atoms with Crippen LogP contribution in [0.3, 0.4) is 0 Å². The maximum atomic E-state index is 6.09. The van der Waals surface area contributed by atoms with Crippen LogP contribution in [-0.4, -0.2) is 34.5 Å². The summed E-state index contributed by atoms with van der Waals surface area (Å²) < 4.78 is 0. The zero-order valence-corrected chi connectivity index (χ0v) is 10.4. The first-order chi connectivity index (χ1) is 8.33. The molecule has 0 saturated carbocycles. The maximum Gasteiger partial charge on any atom is 0.107 e. The van der Waals surface area contributed by atoms with E-state index >= 15 is 0 Å². The van der Waals surface area contributed by atoms with E-state index in [1.807, 2.05) is 0 Å². The number of aromatic nitrogens is 2. The second-order valence-electron chi connectivity index (χ2n) is 5.34. The molecule has 0 amide bonds. The van der Waals surface area contributed by atoms with Crippen LogP contribution in [0.25, 0.3) is 0 Å². The van der Waals surface area contributed by atoms with Gasteiger partial charge in [-0.05, 0) is 45.2 Å². The molecule has 94 valence electrons. The number of hydrogen-bond acceptors (Lipinski definition) is 3. The van der Waals surface area contributed by atoms with Crippen molar-refractivity contribution in [3.8, 4) is 0 Å². The number of nitrogens with one attached hydrogen (secondary N) is 1. The molecule has 0 bridgehead atoms. The number of rotatable bonds is 3. The van der Waals surface area contributed by atoms with Gasteiger partial charge in [-0.3, -0.25) is 0 Å². The Morgan fingerprint density at radius 3 is 2.88 bits per heavy atom. The molecule has 2 aliphatic rings. The highest BCUT2D eigenvalue weighted by Gasteiger charge is 2.21. The van der Waals surface area contributed by atoms with E-state index in [1.165, 1.54) is 38.0 Å². The minimum atomic E-state index is 0.163. The summed E-state index contributed by atoms with van der Waals surface area (Å²) in [5.74, 6) is 1.14. The number of aryl methyl sites for hydroxylation is 1. The van der Waals surface area contributed by atoms with Crippen LogP contribution in [0.15, 0.2) is 0 Å². The van der Waals surface area contributed by atoms with Gasteiger partial charge in [-0.1, -0.05) is 0 Å². The molecule has 1 fully saturated rings. The number of imidazole rings is 1. The molecule has 4 nitrogen and oxygen atoms in total. The average Bonchev–Trinajstić information content (AvgIpc) is 2.95. The third-order valence-corrected chi connectivity index (χ3v) is 4.02. The van der Waals surface area contributed by atoms with E-state index in [9.17, 15) is 0 Å². The largest absolute Gasteiger partial charge is 0.346 e. The Hall–Kier alpha value is -0.870. The van der Waals surface area contributed by atoms with Gasteiger partial charge >= 0.3 is 0 Å². The smallest absolute Gasteiger partial charge is 0.107 e. The van der Waals surface area contributed by atoms with Gasteiger partial charge in [0, 0.05) is 24.7 Å². The Morgan fingerprint density at radius 2 is 2.12 bits per heavy atom. The summed E-state index contributed by atoms with van der Waals surface area (Å²) in [6.07, 6.45) is 7.17. The number of fused-ring (bicyclic) bond motifs is 1. The highest BCUT2D eigenvalue weighted by Crippen LogP contribution is 2.25. The van der Waals surface area contributed by atoms with Crippen molar-refractivity contribution in [2.24, 2.45) is 5.73 Å². The zero-order valence-electron chi connectivity index (χ0n) is 10.4. The molecule has 0 aromatic carbocycles. The van der Waals surface area contributed by atoms with Crippen molar-refractivity contribution in [1.82, 2.24) is 14.9 Å². The quantitative estimate of drug-likeness (QED) is 0.831. The molecule has 17 heavy (non-hydrogen) atoms. The molecular formula is C13H22N4. The van der Waals surface area contributed by atoms with Crippen LogP contribution in [0, 0.1) is 0 Å². The topological polar surface area (TPSA) is 57.9 Å². The molecule has 1 aromatic rings. The van der Waals surface area contributed by atoms with E-state index in [-0.39, 0.29) is 6.04 Å². The van der Waals surface area contributed by atoms with Gasteiger partial charge in [0.15, 0.2) is 0 Å². The molecule has 1 unspecified atom stereocenters. The molecule has 1 aromatic heterocycles. The van der Waals surface area contributed by atoms with Crippen molar-refractivity contribution >= 4 is 0 Å². The SMILES string of the molecule is NC1CCCc2[nH]c(CCN3CCCC3)nc21. The lowest BCUT2D eigenvalue weighted by molar-refractivity contribution is 0.341. The van der Waals surface area contributed by atoms with Gasteiger partial charge in [0.2, 0.25) is 0 Å². The second-order valence-corrected chi connectivity index (χ2v) is 5.34. The molecule has 0 spiro atoms. The molecule has 1 atom stereocenters. The van der Waals surface area contributed by atoms with Gasteiger partial charge in [0.05, 0.1) is 5.69 Å². The summed E-state index contributed by atoms with van der Waals surface area (Å²) in [6, 6.07) is 0.163. The Balaban J connectivity index is 1.63. The summed E-state index contributed by atoms with van der Waals surface area (Å²) in [6.45, 7) is 3.67. The summed E-state index contributed by atoms with van der Waals surface area (Å²) in [7, 11) is 0. The predicted molar refractivity (Wildman–Crippen MR) is 67.8 cm³/mol. The van der Waals surface area contributed by atoms with Crippen LogP contribution in [-0.2, 0) is 12.8 Å². The number of nitrogens with zero attached hydrogens (tertiary/aromatic N) is 2. The fourth-order valence-corrected chi connectivity index (χ4v) is 3.00. The molecule has 1 saturated heterocycles. The Morgan fingerprint density at radius 1 is 1.29 bits per heavy atom. The van der Waals surface area contributed by atoms with E-state index in [0.717, 1.165) is 37.3 Å². The molecule has 0 radical (unpaired) electrons. The highest BCUT2D eigenvalue weighted by molar-refractivity contribution is 5.21. The van der Waals surface area contributed by atoms with Gasteiger partial charge in [0.1, 0.15) is 5.82 Å². The molecular weight excluding hydrogens is 212 g/mol. The fraction of sp³-hybridized carbons (Fsp3) is 0.769. The Labute approximate surface area is 103 Å². The minimum Gasteiger partial charge on any atom is -0.346 e. The van der Waals surface area contributed by atoms with Crippen LogP contribution >= 0.6 is 0 Å². The van der Waals surface area contributed by atoms with Crippen molar-refractivity contribution in [1.29, 1.82) is 0 Å². The lowest BCUT2D eigenvalue weighted by Gasteiger charge is -2.15. The average molecular weight is 234 g/mol. The van der Waals surface area contributed by atoms with Crippen molar-refractivity contribution in [3.63, 3.8) is 0 Å². The van der Waals surface area contributed by atoms with Gasteiger partial charge in [0.25, 0.3) is 0 Å². The fourth-order valence-electron chi connectivity index (χ4n) is 3.00. The lowest BCUT2D eigenvalue weighted by atomic mass is 9.97. The third-order valence-electron chi connectivity index (χ3n) is 4.02. The first-order valence-electron chi connectivity index (χ1n) is 6.88. The second kappa shape index (κ2) is 4.78. The molecule has 3 rings (SSSR count). The normalized spacial score (nSPS) is 25.1. The van der Waals surface area contributed by atoms with Crippen LogP contribution in [0.5, 0.6) is 0 Å². The van der Waals surface area contributed by atoms with E-state index in [4.69, 9.17) is 5.73 Å². The number of H-pyrrole nitrogens is 1. The Bertz CT molecular complexity index is 379. The first-order valence-corrected chi connectivity index (χ1v) is 6.88. The first kappa shape index (κ1) is 11.2. The summed E-state index contributed by atoms with van der Waals surface area (Å²) >= 11 is 0. The standard InChI is InChI=1S/C13H22N4/c14-10-4-3-5-11-13(10)16-12(15-11)6-9-17-7-1-2-8-17/h10H,1-9,14H2,(H,15,16). The van der Waals surface area contributed by atoms with Crippen LogP contribution in [0.4, 0.5) is 0 Å². The van der Waals surface area contributed by atoms with E-state index in [1.54, 1.807) is 0 Å². The highest BCUT2D eigenvalue weighted by atomic mass is 15.1. The van der Waals surface area contributed by atoms with E-state index in [0.29, 0.717) is 0 Å². The van der Waals surface area contributed by atoms with Gasteiger partial charge < -0.3 is 15.6 Å². The van der Waals surface area contributed by atoms with E-state index in [2.05, 4.69) is 14.9 Å². The number of nitrogens with two attached hydrogens (primary N) is 1. The van der Waals surface area contributed by atoms with Crippen LogP contribution < -0.4 is 5.73 Å². The molecule has 1 aliphatic heterocycles. The van der Waals surface area contributed by atoms with E-state index < -0.39 is 0 Å². The molecule has 2 heterocycles. The monoisotopic (exact) mass is 234 g/mol.